The Morgan fingerprint density at radius 1 is 1.11 bits per heavy atom. The van der Waals surface area contributed by atoms with E-state index in [2.05, 4.69) is 54.7 Å². The lowest BCUT2D eigenvalue weighted by molar-refractivity contribution is 0.473. The largest absolute Gasteiger partial charge is 0.314 e. The summed E-state index contributed by atoms with van der Waals surface area (Å²) >= 11 is 0. The van der Waals surface area contributed by atoms with Gasteiger partial charge < -0.3 is 5.32 Å². The van der Waals surface area contributed by atoms with Crippen molar-refractivity contribution in [2.24, 2.45) is 5.92 Å². The van der Waals surface area contributed by atoms with Gasteiger partial charge in [-0.05, 0) is 48.1 Å². The molecule has 18 heavy (non-hydrogen) atoms. The fourth-order valence-corrected chi connectivity index (χ4v) is 2.87. The van der Waals surface area contributed by atoms with Crippen LogP contribution in [0.2, 0.25) is 0 Å². The van der Waals surface area contributed by atoms with Crippen LogP contribution in [0.4, 0.5) is 0 Å². The maximum Gasteiger partial charge on any atom is 0.0136 e. The molecule has 1 aliphatic carbocycles. The van der Waals surface area contributed by atoms with Crippen LogP contribution in [0, 0.1) is 5.92 Å². The van der Waals surface area contributed by atoms with Crippen molar-refractivity contribution in [2.75, 3.05) is 6.54 Å². The number of benzene rings is 2. The van der Waals surface area contributed by atoms with Crippen LogP contribution in [-0.4, -0.2) is 12.6 Å². The molecule has 0 aliphatic heterocycles. The minimum Gasteiger partial charge on any atom is -0.314 e. The number of rotatable bonds is 5. The lowest BCUT2D eigenvalue weighted by Gasteiger charge is -2.18. The zero-order chi connectivity index (χ0) is 12.4. The first-order valence-electron chi connectivity index (χ1n) is 7.08. The van der Waals surface area contributed by atoms with E-state index in [1.54, 1.807) is 0 Å². The predicted molar refractivity (Wildman–Crippen MR) is 77.8 cm³/mol. The highest BCUT2D eigenvalue weighted by Crippen LogP contribution is 2.34. The number of hydrogen-bond donors (Lipinski definition) is 1. The topological polar surface area (TPSA) is 12.0 Å². The monoisotopic (exact) mass is 239 g/mol. The molecule has 0 amide bonds. The first-order valence-corrected chi connectivity index (χ1v) is 7.08. The van der Waals surface area contributed by atoms with E-state index in [1.807, 2.05) is 0 Å². The van der Waals surface area contributed by atoms with Gasteiger partial charge in [0.25, 0.3) is 0 Å². The van der Waals surface area contributed by atoms with Gasteiger partial charge in [0.15, 0.2) is 0 Å². The zero-order valence-electron chi connectivity index (χ0n) is 11.0. The maximum absolute atomic E-state index is 3.66. The van der Waals surface area contributed by atoms with Crippen molar-refractivity contribution in [3.05, 3.63) is 48.0 Å². The summed E-state index contributed by atoms with van der Waals surface area (Å²) in [4.78, 5) is 0. The second-order valence-corrected chi connectivity index (χ2v) is 5.34. The number of fused-ring (bicyclic) bond motifs is 1. The molecule has 1 saturated carbocycles. The van der Waals surface area contributed by atoms with E-state index in [-0.39, 0.29) is 0 Å². The fourth-order valence-electron chi connectivity index (χ4n) is 2.87. The number of likely N-dealkylation sites (N-methyl/N-ethyl adjacent to an activating group) is 1. The van der Waals surface area contributed by atoms with Crippen molar-refractivity contribution in [1.82, 2.24) is 5.32 Å². The molecule has 2 aromatic carbocycles. The van der Waals surface area contributed by atoms with Gasteiger partial charge in [-0.25, -0.2) is 0 Å². The van der Waals surface area contributed by atoms with Crippen molar-refractivity contribution in [1.29, 1.82) is 0 Å². The minimum absolute atomic E-state index is 0.667. The van der Waals surface area contributed by atoms with E-state index in [9.17, 15) is 0 Å². The van der Waals surface area contributed by atoms with Crippen LogP contribution in [-0.2, 0) is 6.42 Å². The Hall–Kier alpha value is -1.34. The third kappa shape index (κ3) is 2.41. The summed E-state index contributed by atoms with van der Waals surface area (Å²) in [5.41, 5.74) is 1.49. The van der Waals surface area contributed by atoms with Crippen LogP contribution in [0.3, 0.4) is 0 Å². The maximum atomic E-state index is 3.66. The van der Waals surface area contributed by atoms with Gasteiger partial charge in [-0.2, -0.15) is 0 Å². The van der Waals surface area contributed by atoms with Crippen molar-refractivity contribution in [2.45, 2.75) is 32.2 Å². The summed E-state index contributed by atoms with van der Waals surface area (Å²) in [6, 6.07) is 16.1. The van der Waals surface area contributed by atoms with Gasteiger partial charge in [-0.1, -0.05) is 49.4 Å². The lowest BCUT2D eigenvalue weighted by atomic mass is 9.96. The number of nitrogens with one attached hydrogen (secondary N) is 1. The van der Waals surface area contributed by atoms with Gasteiger partial charge in [0, 0.05) is 6.04 Å². The molecule has 0 saturated heterocycles. The minimum atomic E-state index is 0.667. The lowest BCUT2D eigenvalue weighted by Crippen LogP contribution is -2.32. The molecule has 3 rings (SSSR count). The normalized spacial score (nSPS) is 16.9. The summed E-state index contributed by atoms with van der Waals surface area (Å²) in [5.74, 6) is 0.906. The van der Waals surface area contributed by atoms with Gasteiger partial charge in [-0.15, -0.1) is 0 Å². The van der Waals surface area contributed by atoms with Gasteiger partial charge >= 0.3 is 0 Å². The van der Waals surface area contributed by atoms with Crippen LogP contribution >= 0.6 is 0 Å². The molecule has 1 fully saturated rings. The van der Waals surface area contributed by atoms with Crippen molar-refractivity contribution in [3.8, 4) is 0 Å². The average molecular weight is 239 g/mol. The molecule has 0 heterocycles. The molecule has 1 heteroatoms. The van der Waals surface area contributed by atoms with Crippen LogP contribution in [0.15, 0.2) is 42.5 Å². The Bertz CT molecular complexity index is 523. The van der Waals surface area contributed by atoms with Crippen molar-refractivity contribution >= 4 is 10.8 Å². The first-order chi connectivity index (χ1) is 8.88. The van der Waals surface area contributed by atoms with Crippen LogP contribution < -0.4 is 5.32 Å². The third-order valence-electron chi connectivity index (χ3n) is 3.98. The SMILES string of the molecule is CCNC(Cc1cccc2ccccc12)C1CC1. The van der Waals surface area contributed by atoms with E-state index in [0.29, 0.717) is 6.04 Å². The van der Waals surface area contributed by atoms with E-state index in [1.165, 1.54) is 35.6 Å². The first kappa shape index (κ1) is 11.7. The van der Waals surface area contributed by atoms with Gasteiger partial charge in [0.2, 0.25) is 0 Å². The Morgan fingerprint density at radius 2 is 1.89 bits per heavy atom. The molecular weight excluding hydrogens is 218 g/mol. The predicted octanol–water partition coefficient (Wildman–Crippen LogP) is 3.77. The highest BCUT2D eigenvalue weighted by molar-refractivity contribution is 5.85. The molecular formula is C17H21N. The highest BCUT2D eigenvalue weighted by Gasteiger charge is 2.30. The van der Waals surface area contributed by atoms with Gasteiger partial charge in [-0.3, -0.25) is 0 Å². The molecule has 94 valence electrons. The van der Waals surface area contributed by atoms with E-state index in [4.69, 9.17) is 0 Å². The third-order valence-corrected chi connectivity index (χ3v) is 3.98. The Kier molecular flexibility index (Phi) is 3.33. The fraction of sp³-hybridized carbons (Fsp3) is 0.412. The standard InChI is InChI=1S/C17H21N/c1-2-18-17(14-10-11-14)12-15-8-5-7-13-6-3-4-9-16(13)15/h3-9,14,17-18H,2,10-12H2,1H3. The quantitative estimate of drug-likeness (QED) is 0.837. The van der Waals surface area contributed by atoms with E-state index in [0.717, 1.165) is 12.5 Å². The summed E-state index contributed by atoms with van der Waals surface area (Å²) in [5, 5.41) is 6.44. The molecule has 0 bridgehead atoms. The molecule has 1 atom stereocenters. The molecule has 1 N–H and O–H groups in total. The molecule has 1 aliphatic rings. The summed E-state index contributed by atoms with van der Waals surface area (Å²) < 4.78 is 0. The summed E-state index contributed by atoms with van der Waals surface area (Å²) in [6.45, 7) is 3.28. The van der Waals surface area contributed by atoms with Crippen LogP contribution in [0.5, 0.6) is 0 Å². The van der Waals surface area contributed by atoms with Crippen molar-refractivity contribution < 1.29 is 0 Å². The molecule has 0 spiro atoms. The Labute approximate surface area is 109 Å². The molecule has 2 aromatic rings. The van der Waals surface area contributed by atoms with Crippen LogP contribution in [0.1, 0.15) is 25.3 Å². The second-order valence-electron chi connectivity index (χ2n) is 5.34. The Morgan fingerprint density at radius 3 is 2.67 bits per heavy atom. The summed E-state index contributed by atoms with van der Waals surface area (Å²) in [7, 11) is 0. The molecule has 0 aromatic heterocycles. The van der Waals surface area contributed by atoms with Gasteiger partial charge in [0.05, 0.1) is 0 Å². The van der Waals surface area contributed by atoms with E-state index < -0.39 is 0 Å². The second kappa shape index (κ2) is 5.11. The average Bonchev–Trinajstić information content (AvgIpc) is 3.23. The highest BCUT2D eigenvalue weighted by atomic mass is 14.9. The Balaban J connectivity index is 1.88. The molecule has 1 unspecified atom stereocenters. The molecule has 0 radical (unpaired) electrons. The van der Waals surface area contributed by atoms with Crippen molar-refractivity contribution in [3.63, 3.8) is 0 Å². The smallest absolute Gasteiger partial charge is 0.0136 e. The number of hydrogen-bond acceptors (Lipinski definition) is 1. The van der Waals surface area contributed by atoms with Crippen LogP contribution in [0.25, 0.3) is 10.8 Å². The zero-order valence-corrected chi connectivity index (χ0v) is 11.0. The summed E-state index contributed by atoms with van der Waals surface area (Å²) in [6.07, 6.45) is 3.98. The van der Waals surface area contributed by atoms with Gasteiger partial charge in [0.1, 0.15) is 0 Å². The van der Waals surface area contributed by atoms with E-state index >= 15 is 0 Å². The molecule has 1 nitrogen and oxygen atoms in total.